The molecule has 0 bridgehead atoms. The van der Waals surface area contributed by atoms with Crippen molar-refractivity contribution in [3.05, 3.63) is 53.1 Å². The number of nitrogens with zero attached hydrogens (tertiary/aromatic N) is 5. The number of nitrogens with one attached hydrogen (secondary N) is 1. The summed E-state index contributed by atoms with van der Waals surface area (Å²) in [4.78, 5) is 12.1. The van der Waals surface area contributed by atoms with E-state index < -0.39 is 33.6 Å². The van der Waals surface area contributed by atoms with Crippen molar-refractivity contribution in [3.63, 3.8) is 0 Å². The van der Waals surface area contributed by atoms with Crippen LogP contribution in [0.4, 0.5) is 19.1 Å². The summed E-state index contributed by atoms with van der Waals surface area (Å²) in [7, 11) is -3.30. The molecule has 1 aliphatic heterocycles. The van der Waals surface area contributed by atoms with E-state index in [1.165, 1.54) is 21.4 Å². The van der Waals surface area contributed by atoms with Crippen LogP contribution in [-0.4, -0.2) is 62.7 Å². The summed E-state index contributed by atoms with van der Waals surface area (Å²) in [5.74, 6) is -0.00956. The molecule has 36 heavy (non-hydrogen) atoms. The molecule has 0 spiro atoms. The second-order valence-corrected chi connectivity index (χ2v) is 11.0. The van der Waals surface area contributed by atoms with Crippen LogP contribution in [-0.2, 0) is 16.2 Å². The quantitative estimate of drug-likeness (QED) is 0.484. The minimum atomic E-state index is -4.71. The van der Waals surface area contributed by atoms with E-state index in [-0.39, 0.29) is 17.7 Å². The molecule has 2 N–H and O–H groups in total. The van der Waals surface area contributed by atoms with Crippen molar-refractivity contribution in [2.24, 2.45) is 0 Å². The van der Waals surface area contributed by atoms with Crippen LogP contribution in [0.3, 0.4) is 0 Å². The third-order valence-electron chi connectivity index (χ3n) is 5.91. The van der Waals surface area contributed by atoms with E-state index in [4.69, 9.17) is 11.6 Å². The molecule has 1 atom stereocenters. The Morgan fingerprint density at radius 2 is 1.92 bits per heavy atom. The summed E-state index contributed by atoms with van der Waals surface area (Å²) >= 11 is 6.32. The van der Waals surface area contributed by atoms with E-state index >= 15 is 0 Å². The fraction of sp³-hybridized carbons (Fsp3) is 0.409. The predicted molar refractivity (Wildman–Crippen MR) is 128 cm³/mol. The Morgan fingerprint density at radius 3 is 2.50 bits per heavy atom. The van der Waals surface area contributed by atoms with E-state index in [2.05, 4.69) is 20.3 Å². The van der Waals surface area contributed by atoms with Crippen LogP contribution in [0.2, 0.25) is 5.02 Å². The summed E-state index contributed by atoms with van der Waals surface area (Å²) in [5, 5.41) is 13.0. The molecule has 4 rings (SSSR count). The highest BCUT2D eigenvalue weighted by molar-refractivity contribution is 7.88. The molecule has 1 aliphatic rings. The first-order valence-corrected chi connectivity index (χ1v) is 13.2. The fourth-order valence-corrected chi connectivity index (χ4v) is 5.10. The van der Waals surface area contributed by atoms with Crippen molar-refractivity contribution < 1.29 is 26.7 Å². The van der Waals surface area contributed by atoms with Crippen molar-refractivity contribution in [3.8, 4) is 17.1 Å². The number of alkyl halides is 3. The Labute approximate surface area is 211 Å². The number of aromatic nitrogens is 4. The highest BCUT2D eigenvalue weighted by Crippen LogP contribution is 2.36. The van der Waals surface area contributed by atoms with E-state index in [1.54, 1.807) is 25.1 Å². The van der Waals surface area contributed by atoms with Gasteiger partial charge in [-0.3, -0.25) is 0 Å². The first kappa shape index (κ1) is 26.3. The number of benzene rings is 1. The van der Waals surface area contributed by atoms with Crippen LogP contribution in [0.5, 0.6) is 0 Å². The average molecular weight is 545 g/mol. The van der Waals surface area contributed by atoms with Crippen LogP contribution < -0.4 is 5.32 Å². The van der Waals surface area contributed by atoms with Gasteiger partial charge in [-0.2, -0.15) is 13.2 Å². The topological polar surface area (TPSA) is 113 Å². The maximum atomic E-state index is 13.8. The number of anilines is 1. The van der Waals surface area contributed by atoms with E-state index in [1.807, 2.05) is 0 Å². The maximum Gasteiger partial charge on any atom is 0.420 e. The van der Waals surface area contributed by atoms with Gasteiger partial charge in [-0.15, -0.1) is 0 Å². The fourth-order valence-electron chi connectivity index (χ4n) is 3.94. The van der Waals surface area contributed by atoms with Crippen molar-refractivity contribution in [2.45, 2.75) is 38.1 Å². The summed E-state index contributed by atoms with van der Waals surface area (Å²) in [6.45, 7) is 2.18. The molecule has 1 unspecified atom stereocenters. The lowest BCUT2D eigenvalue weighted by Gasteiger charge is -2.30. The van der Waals surface area contributed by atoms with E-state index in [9.17, 15) is 26.7 Å². The molecule has 1 aromatic carbocycles. The van der Waals surface area contributed by atoms with Gasteiger partial charge in [0.05, 0.1) is 23.1 Å². The lowest BCUT2D eigenvalue weighted by molar-refractivity contribution is -0.137. The van der Waals surface area contributed by atoms with Crippen molar-refractivity contribution in [1.82, 2.24) is 23.8 Å². The van der Waals surface area contributed by atoms with Crippen LogP contribution in [0.1, 0.15) is 37.0 Å². The Balaban J connectivity index is 1.62. The Morgan fingerprint density at radius 1 is 1.22 bits per heavy atom. The molecule has 2 aromatic heterocycles. The number of aliphatic hydroxyl groups excluding tert-OH is 1. The van der Waals surface area contributed by atoms with Crippen molar-refractivity contribution in [2.75, 3.05) is 24.7 Å². The van der Waals surface area contributed by atoms with Crippen LogP contribution in [0.15, 0.2) is 36.9 Å². The zero-order valence-corrected chi connectivity index (χ0v) is 20.9. The number of halogens is 4. The Bertz CT molecular complexity index is 1360. The Kier molecular flexibility index (Phi) is 7.28. The predicted octanol–water partition coefficient (Wildman–Crippen LogP) is 3.89. The third kappa shape index (κ3) is 5.80. The van der Waals surface area contributed by atoms with Gasteiger partial charge in [-0.1, -0.05) is 17.7 Å². The molecule has 1 fully saturated rings. The van der Waals surface area contributed by atoms with Gasteiger partial charge in [0.25, 0.3) is 0 Å². The molecule has 0 radical (unpaired) electrons. The lowest BCUT2D eigenvalue weighted by Crippen LogP contribution is -2.42. The minimum absolute atomic E-state index is 0.00956. The monoisotopic (exact) mass is 544 g/mol. The molecule has 3 heterocycles. The molecule has 3 aromatic rings. The number of hydrogen-bond donors (Lipinski definition) is 2. The van der Waals surface area contributed by atoms with Crippen molar-refractivity contribution in [1.29, 1.82) is 0 Å². The highest BCUT2D eigenvalue weighted by Gasteiger charge is 2.36. The Hall–Kier alpha value is -2.74. The lowest BCUT2D eigenvalue weighted by atomic mass is 10.1. The number of hydrogen-bond acceptors (Lipinski definition) is 7. The number of rotatable bonds is 6. The van der Waals surface area contributed by atoms with E-state index in [0.717, 1.165) is 6.26 Å². The molecule has 0 amide bonds. The molecule has 1 saturated heterocycles. The van der Waals surface area contributed by atoms with Gasteiger partial charge < -0.3 is 15.0 Å². The summed E-state index contributed by atoms with van der Waals surface area (Å²) in [5.41, 5.74) is -0.407. The number of sulfonamides is 1. The third-order valence-corrected chi connectivity index (χ3v) is 7.51. The van der Waals surface area contributed by atoms with Gasteiger partial charge in [0.2, 0.25) is 16.0 Å². The average Bonchev–Trinajstić information content (AvgIpc) is 3.28. The normalized spacial score (nSPS) is 16.8. The molecular formula is C22H24ClF3N6O3S. The zero-order valence-electron chi connectivity index (χ0n) is 19.4. The minimum Gasteiger partial charge on any atom is -0.389 e. The zero-order chi connectivity index (χ0) is 26.3. The molecule has 0 aliphatic carbocycles. The van der Waals surface area contributed by atoms with Crippen LogP contribution >= 0.6 is 11.6 Å². The van der Waals surface area contributed by atoms with Gasteiger partial charge in [-0.05, 0) is 37.5 Å². The SMILES string of the molecule is CC(O)c1ccc(-n2cnc(-c3nc(NC4CCN(S(C)(=O)=O)CC4)ncc3C(F)(F)F)c2)c(Cl)c1. The summed E-state index contributed by atoms with van der Waals surface area (Å²) in [6.07, 6.45) is 0.0402. The van der Waals surface area contributed by atoms with Gasteiger partial charge in [0.1, 0.15) is 23.3 Å². The van der Waals surface area contributed by atoms with Gasteiger partial charge in [-0.25, -0.2) is 27.7 Å². The summed E-state index contributed by atoms with van der Waals surface area (Å²) < 4.78 is 67.5. The van der Waals surface area contributed by atoms with Gasteiger partial charge in [0, 0.05) is 31.5 Å². The number of aliphatic hydroxyl groups is 1. The second kappa shape index (κ2) is 9.96. The molecule has 9 nitrogen and oxygen atoms in total. The van der Waals surface area contributed by atoms with E-state index in [0.29, 0.717) is 48.4 Å². The first-order chi connectivity index (χ1) is 16.8. The number of imidazole rings is 1. The molecule has 0 saturated carbocycles. The van der Waals surface area contributed by atoms with Crippen molar-refractivity contribution >= 4 is 27.6 Å². The number of piperidine rings is 1. The maximum absolute atomic E-state index is 13.8. The van der Waals surface area contributed by atoms with Gasteiger partial charge >= 0.3 is 6.18 Å². The summed E-state index contributed by atoms with van der Waals surface area (Å²) in [6, 6.07) is 4.67. The van der Waals surface area contributed by atoms with Gasteiger partial charge in [0.15, 0.2) is 0 Å². The molecule has 194 valence electrons. The largest absolute Gasteiger partial charge is 0.420 e. The van der Waals surface area contributed by atoms with Crippen LogP contribution in [0, 0.1) is 0 Å². The van der Waals surface area contributed by atoms with Crippen LogP contribution in [0.25, 0.3) is 17.1 Å². The first-order valence-electron chi connectivity index (χ1n) is 11.0. The molecule has 14 heteroatoms. The highest BCUT2D eigenvalue weighted by atomic mass is 35.5. The standard InChI is InChI=1S/C22H24ClF3N6O3S/c1-13(33)14-3-4-19(17(23)9-14)31-11-18(28-12-31)20-16(22(24,25)26)10-27-21(30-20)29-15-5-7-32(8-6-15)36(2,34)35/h3-4,9-13,15,33H,5-8H2,1-2H3,(H,27,29,30). The smallest absolute Gasteiger partial charge is 0.389 e. The molecular weight excluding hydrogens is 521 g/mol. The second-order valence-electron chi connectivity index (χ2n) is 8.59.